The van der Waals surface area contributed by atoms with Gasteiger partial charge in [0, 0.05) is 27.2 Å². The molecule has 3 atom stereocenters. The Morgan fingerprint density at radius 2 is 1.75 bits per heavy atom. The summed E-state index contributed by atoms with van der Waals surface area (Å²) in [5.74, 6) is 3.33. The summed E-state index contributed by atoms with van der Waals surface area (Å²) < 4.78 is 0. The van der Waals surface area contributed by atoms with Crippen molar-refractivity contribution >= 4 is 17.8 Å². The van der Waals surface area contributed by atoms with Gasteiger partial charge in [0.25, 0.3) is 0 Å². The third kappa shape index (κ3) is 3.29. The number of aromatic nitrogens is 3. The zero-order valence-corrected chi connectivity index (χ0v) is 13.1. The molecule has 0 radical (unpaired) electrons. The summed E-state index contributed by atoms with van der Waals surface area (Å²) in [6.07, 6.45) is 3.78. The Kier molecular flexibility index (Phi) is 4.62. The van der Waals surface area contributed by atoms with Gasteiger partial charge in [0.1, 0.15) is 0 Å². The minimum atomic E-state index is 0.445. The predicted molar refractivity (Wildman–Crippen MR) is 83.3 cm³/mol. The minimum absolute atomic E-state index is 0.445. The van der Waals surface area contributed by atoms with Crippen LogP contribution in [0, 0.1) is 11.8 Å². The summed E-state index contributed by atoms with van der Waals surface area (Å²) in [7, 11) is 5.69. The van der Waals surface area contributed by atoms with Gasteiger partial charge >= 0.3 is 0 Å². The second-order valence-electron chi connectivity index (χ2n) is 5.95. The van der Waals surface area contributed by atoms with Crippen LogP contribution in [0.15, 0.2) is 0 Å². The molecule has 1 fully saturated rings. The maximum atomic E-state index is 4.49. The Balaban J connectivity index is 2.17. The molecule has 1 aliphatic rings. The van der Waals surface area contributed by atoms with Crippen molar-refractivity contribution in [2.24, 2.45) is 11.8 Å². The molecule has 112 valence electrons. The summed E-state index contributed by atoms with van der Waals surface area (Å²) in [4.78, 5) is 15.1. The third-order valence-electron chi connectivity index (χ3n) is 4.27. The molecule has 0 bridgehead atoms. The molecule has 1 aromatic heterocycles. The first kappa shape index (κ1) is 14.8. The zero-order valence-electron chi connectivity index (χ0n) is 13.1. The van der Waals surface area contributed by atoms with Gasteiger partial charge in [-0.15, -0.1) is 0 Å². The van der Waals surface area contributed by atoms with Crippen molar-refractivity contribution in [3.63, 3.8) is 0 Å². The average Bonchev–Trinajstić information content (AvgIpc) is 2.43. The smallest absolute Gasteiger partial charge is 0.231 e. The van der Waals surface area contributed by atoms with Crippen LogP contribution in [0.2, 0.25) is 0 Å². The van der Waals surface area contributed by atoms with Crippen molar-refractivity contribution in [3.8, 4) is 0 Å². The predicted octanol–water partition coefficient (Wildman–Crippen LogP) is 2.22. The highest BCUT2D eigenvalue weighted by Crippen LogP contribution is 2.31. The van der Waals surface area contributed by atoms with Crippen LogP contribution in [0.3, 0.4) is 0 Å². The van der Waals surface area contributed by atoms with Crippen LogP contribution in [0.4, 0.5) is 17.8 Å². The number of hydrogen-bond donors (Lipinski definition) is 2. The molecule has 2 rings (SSSR count). The van der Waals surface area contributed by atoms with Gasteiger partial charge in [-0.25, -0.2) is 0 Å². The van der Waals surface area contributed by atoms with E-state index in [1.165, 1.54) is 19.3 Å². The summed E-state index contributed by atoms with van der Waals surface area (Å²) in [5.41, 5.74) is 0. The number of hydrogen-bond acceptors (Lipinski definition) is 6. The van der Waals surface area contributed by atoms with Crippen molar-refractivity contribution in [1.29, 1.82) is 0 Å². The fourth-order valence-electron chi connectivity index (χ4n) is 2.69. The molecule has 2 N–H and O–H groups in total. The van der Waals surface area contributed by atoms with E-state index in [1.807, 2.05) is 26.0 Å². The lowest BCUT2D eigenvalue weighted by Crippen LogP contribution is -2.35. The van der Waals surface area contributed by atoms with Crippen LogP contribution in [0.25, 0.3) is 0 Å². The van der Waals surface area contributed by atoms with E-state index in [2.05, 4.69) is 39.4 Å². The Labute approximate surface area is 121 Å². The van der Waals surface area contributed by atoms with Crippen LogP contribution in [0.5, 0.6) is 0 Å². The molecule has 20 heavy (non-hydrogen) atoms. The van der Waals surface area contributed by atoms with Crippen molar-refractivity contribution < 1.29 is 0 Å². The number of nitrogens with one attached hydrogen (secondary N) is 2. The summed E-state index contributed by atoms with van der Waals surface area (Å²) in [5, 5.41) is 6.49. The highest BCUT2D eigenvalue weighted by Gasteiger charge is 2.27. The number of rotatable bonds is 4. The Morgan fingerprint density at radius 3 is 2.40 bits per heavy atom. The highest BCUT2D eigenvalue weighted by molar-refractivity contribution is 5.43. The van der Waals surface area contributed by atoms with Crippen LogP contribution < -0.4 is 15.5 Å². The molecule has 1 aromatic rings. The lowest BCUT2D eigenvalue weighted by atomic mass is 9.78. The van der Waals surface area contributed by atoms with E-state index in [4.69, 9.17) is 0 Å². The molecule has 1 heterocycles. The van der Waals surface area contributed by atoms with Gasteiger partial charge in [0.2, 0.25) is 17.8 Å². The molecule has 6 heteroatoms. The first-order chi connectivity index (χ1) is 9.51. The van der Waals surface area contributed by atoms with E-state index in [0.29, 0.717) is 29.8 Å². The lowest BCUT2D eigenvalue weighted by Gasteiger charge is -2.34. The molecule has 3 unspecified atom stereocenters. The third-order valence-corrected chi connectivity index (χ3v) is 4.27. The molecule has 0 amide bonds. The van der Waals surface area contributed by atoms with E-state index in [9.17, 15) is 0 Å². The summed E-state index contributed by atoms with van der Waals surface area (Å²) >= 11 is 0. The Morgan fingerprint density at radius 1 is 1.05 bits per heavy atom. The van der Waals surface area contributed by atoms with Crippen molar-refractivity contribution in [1.82, 2.24) is 15.0 Å². The van der Waals surface area contributed by atoms with Crippen LogP contribution in [0.1, 0.15) is 33.1 Å². The van der Waals surface area contributed by atoms with Crippen molar-refractivity contribution in [2.75, 3.05) is 36.7 Å². The molecular formula is C14H26N6. The Hall–Kier alpha value is -1.59. The van der Waals surface area contributed by atoms with Gasteiger partial charge < -0.3 is 15.5 Å². The summed E-state index contributed by atoms with van der Waals surface area (Å²) in [6.45, 7) is 4.64. The van der Waals surface area contributed by atoms with E-state index in [1.54, 1.807) is 0 Å². The molecule has 0 spiro atoms. The van der Waals surface area contributed by atoms with E-state index >= 15 is 0 Å². The quantitative estimate of drug-likeness (QED) is 0.880. The zero-order chi connectivity index (χ0) is 14.7. The van der Waals surface area contributed by atoms with Crippen molar-refractivity contribution in [3.05, 3.63) is 0 Å². The van der Waals surface area contributed by atoms with Gasteiger partial charge in [0.15, 0.2) is 0 Å². The second-order valence-corrected chi connectivity index (χ2v) is 5.95. The topological polar surface area (TPSA) is 66.0 Å². The standard InChI is InChI=1S/C14H26N6/c1-9-7-6-8-11(10(9)2)16-13-17-12(15-3)18-14(19-13)20(4)5/h9-11H,6-8H2,1-5H3,(H2,15,16,17,18,19). The maximum Gasteiger partial charge on any atom is 0.231 e. The fraction of sp³-hybridized carbons (Fsp3) is 0.786. The second kappa shape index (κ2) is 6.24. The highest BCUT2D eigenvalue weighted by atomic mass is 15.3. The van der Waals surface area contributed by atoms with Gasteiger partial charge in [-0.3, -0.25) is 0 Å². The molecule has 6 nitrogen and oxygen atoms in total. The van der Waals surface area contributed by atoms with E-state index < -0.39 is 0 Å². The summed E-state index contributed by atoms with van der Waals surface area (Å²) in [6, 6.07) is 0.445. The van der Waals surface area contributed by atoms with Gasteiger partial charge in [0.05, 0.1) is 0 Å². The monoisotopic (exact) mass is 278 g/mol. The van der Waals surface area contributed by atoms with Gasteiger partial charge in [-0.2, -0.15) is 15.0 Å². The van der Waals surface area contributed by atoms with E-state index in [-0.39, 0.29) is 0 Å². The molecule has 0 aliphatic heterocycles. The first-order valence-electron chi connectivity index (χ1n) is 7.39. The van der Waals surface area contributed by atoms with Crippen LogP contribution in [-0.4, -0.2) is 42.1 Å². The molecule has 1 aliphatic carbocycles. The first-order valence-corrected chi connectivity index (χ1v) is 7.39. The van der Waals surface area contributed by atoms with Crippen molar-refractivity contribution in [2.45, 2.75) is 39.2 Å². The number of anilines is 3. The number of nitrogens with zero attached hydrogens (tertiary/aromatic N) is 4. The lowest BCUT2D eigenvalue weighted by molar-refractivity contribution is 0.252. The Bertz CT molecular complexity index is 447. The molecule has 0 saturated heterocycles. The van der Waals surface area contributed by atoms with Crippen LogP contribution in [-0.2, 0) is 0 Å². The normalized spacial score (nSPS) is 26.1. The van der Waals surface area contributed by atoms with Crippen LogP contribution >= 0.6 is 0 Å². The fourth-order valence-corrected chi connectivity index (χ4v) is 2.69. The minimum Gasteiger partial charge on any atom is -0.357 e. The molecular weight excluding hydrogens is 252 g/mol. The maximum absolute atomic E-state index is 4.49. The molecule has 0 aromatic carbocycles. The van der Waals surface area contributed by atoms with Gasteiger partial charge in [-0.1, -0.05) is 26.7 Å². The van der Waals surface area contributed by atoms with Gasteiger partial charge in [-0.05, 0) is 18.3 Å². The van der Waals surface area contributed by atoms with E-state index in [0.717, 1.165) is 5.92 Å². The average molecular weight is 278 g/mol. The SMILES string of the molecule is CNc1nc(NC2CCCC(C)C2C)nc(N(C)C)n1. The largest absolute Gasteiger partial charge is 0.357 e. The molecule has 1 saturated carbocycles.